The summed E-state index contributed by atoms with van der Waals surface area (Å²) in [5.74, 6) is 2.48. The van der Waals surface area contributed by atoms with E-state index >= 15 is 0 Å². The SMILES string of the molecule is COC(=O)C#CCC(CC1=CC=CC=CC1)(C(=O)OC)C(=O)OC. The van der Waals surface area contributed by atoms with E-state index < -0.39 is 23.3 Å². The van der Waals surface area contributed by atoms with E-state index in [9.17, 15) is 14.4 Å². The lowest BCUT2D eigenvalue weighted by molar-refractivity contribution is -0.168. The van der Waals surface area contributed by atoms with Crippen LogP contribution in [0.1, 0.15) is 19.3 Å². The van der Waals surface area contributed by atoms with Crippen LogP contribution in [0.4, 0.5) is 0 Å². The van der Waals surface area contributed by atoms with Gasteiger partial charge in [0.2, 0.25) is 0 Å². The molecule has 1 rings (SSSR count). The molecule has 1 aliphatic rings. The first kappa shape index (κ1) is 19.2. The Hall–Kier alpha value is -2.81. The van der Waals surface area contributed by atoms with E-state index in [0.29, 0.717) is 6.42 Å². The summed E-state index contributed by atoms with van der Waals surface area (Å²) >= 11 is 0. The van der Waals surface area contributed by atoms with Gasteiger partial charge in [0, 0.05) is 12.3 Å². The molecule has 6 nitrogen and oxygen atoms in total. The summed E-state index contributed by atoms with van der Waals surface area (Å²) < 4.78 is 14.0. The number of allylic oxidation sites excluding steroid dienone is 6. The molecule has 0 radical (unpaired) electrons. The quantitative estimate of drug-likeness (QED) is 0.251. The Bertz CT molecular complexity index is 626. The number of carbonyl (C=O) groups is 3. The molecule has 0 spiro atoms. The molecule has 0 fully saturated rings. The lowest BCUT2D eigenvalue weighted by Crippen LogP contribution is -2.41. The molecule has 0 aromatic carbocycles. The summed E-state index contributed by atoms with van der Waals surface area (Å²) in [6.45, 7) is 0. The number of hydrogen-bond acceptors (Lipinski definition) is 6. The standard InChI is InChI=1S/C18H20O6/c1-22-15(19)11-8-12-18(16(20)23-2,17(21)24-3)13-14-9-6-4-5-7-10-14/h4-7,9H,10,12-13H2,1-3H3. The minimum atomic E-state index is -1.64. The van der Waals surface area contributed by atoms with Gasteiger partial charge in [0.15, 0.2) is 5.41 Å². The van der Waals surface area contributed by atoms with Gasteiger partial charge in [-0.05, 0) is 12.8 Å². The molecule has 0 aromatic rings. The number of methoxy groups -OCH3 is 3. The molecule has 0 unspecified atom stereocenters. The van der Waals surface area contributed by atoms with E-state index in [4.69, 9.17) is 9.47 Å². The van der Waals surface area contributed by atoms with Crippen LogP contribution in [0.3, 0.4) is 0 Å². The first-order valence-corrected chi connectivity index (χ1v) is 7.25. The van der Waals surface area contributed by atoms with E-state index in [0.717, 1.165) is 5.57 Å². The van der Waals surface area contributed by atoms with Gasteiger partial charge in [-0.25, -0.2) is 4.79 Å². The van der Waals surface area contributed by atoms with E-state index in [1.807, 2.05) is 30.4 Å². The highest BCUT2D eigenvalue weighted by Gasteiger charge is 2.48. The first-order valence-electron chi connectivity index (χ1n) is 7.25. The third-order valence-corrected chi connectivity index (χ3v) is 3.52. The molecule has 0 aliphatic heterocycles. The highest BCUT2D eigenvalue weighted by molar-refractivity contribution is 6.01. The molecule has 0 saturated carbocycles. The largest absolute Gasteiger partial charge is 0.468 e. The smallest absolute Gasteiger partial charge is 0.384 e. The second kappa shape index (κ2) is 9.36. The van der Waals surface area contributed by atoms with Crippen molar-refractivity contribution in [3.05, 3.63) is 36.0 Å². The second-order valence-corrected chi connectivity index (χ2v) is 5.05. The van der Waals surface area contributed by atoms with Gasteiger partial charge in [0.1, 0.15) is 0 Å². The fraction of sp³-hybridized carbons (Fsp3) is 0.389. The Balaban J connectivity index is 3.21. The summed E-state index contributed by atoms with van der Waals surface area (Å²) in [6.07, 6.45) is 9.72. The van der Waals surface area contributed by atoms with Gasteiger partial charge in [-0.2, -0.15) is 0 Å². The van der Waals surface area contributed by atoms with Crippen molar-refractivity contribution in [3.8, 4) is 11.8 Å². The second-order valence-electron chi connectivity index (χ2n) is 5.05. The molecule has 1 aliphatic carbocycles. The van der Waals surface area contributed by atoms with Crippen molar-refractivity contribution >= 4 is 17.9 Å². The fourth-order valence-electron chi connectivity index (χ4n) is 2.28. The van der Waals surface area contributed by atoms with Crippen molar-refractivity contribution in [2.24, 2.45) is 5.41 Å². The van der Waals surface area contributed by atoms with E-state index in [2.05, 4.69) is 16.6 Å². The molecular formula is C18H20O6. The van der Waals surface area contributed by atoms with Crippen LogP contribution in [-0.4, -0.2) is 39.2 Å². The Morgan fingerprint density at radius 2 is 1.71 bits per heavy atom. The third-order valence-electron chi connectivity index (χ3n) is 3.52. The molecule has 0 atom stereocenters. The molecule has 0 saturated heterocycles. The zero-order valence-electron chi connectivity index (χ0n) is 14.0. The van der Waals surface area contributed by atoms with Crippen LogP contribution in [0.5, 0.6) is 0 Å². The third kappa shape index (κ3) is 4.85. The van der Waals surface area contributed by atoms with Crippen LogP contribution in [0, 0.1) is 17.3 Å². The molecule has 0 amide bonds. The van der Waals surface area contributed by atoms with E-state index in [1.165, 1.54) is 21.3 Å². The maximum absolute atomic E-state index is 12.4. The number of carbonyl (C=O) groups excluding carboxylic acids is 3. The Kier molecular flexibility index (Phi) is 7.50. The molecule has 0 heterocycles. The maximum atomic E-state index is 12.4. The summed E-state index contributed by atoms with van der Waals surface area (Å²) in [5.41, 5.74) is -0.793. The zero-order valence-corrected chi connectivity index (χ0v) is 14.0. The average Bonchev–Trinajstić information content (AvgIpc) is 2.87. The Morgan fingerprint density at radius 3 is 2.29 bits per heavy atom. The minimum absolute atomic E-state index is 0.0802. The van der Waals surface area contributed by atoms with Crippen molar-refractivity contribution in [1.82, 2.24) is 0 Å². The monoisotopic (exact) mass is 332 g/mol. The number of rotatable bonds is 5. The molecule has 0 bridgehead atoms. The van der Waals surface area contributed by atoms with Crippen molar-refractivity contribution in [3.63, 3.8) is 0 Å². The highest BCUT2D eigenvalue weighted by Crippen LogP contribution is 2.35. The summed E-state index contributed by atoms with van der Waals surface area (Å²) in [5, 5.41) is 0. The summed E-state index contributed by atoms with van der Waals surface area (Å²) in [6, 6.07) is 0. The molecule has 24 heavy (non-hydrogen) atoms. The normalized spacial score (nSPS) is 13.0. The maximum Gasteiger partial charge on any atom is 0.384 e. The highest BCUT2D eigenvalue weighted by atomic mass is 16.5. The zero-order chi connectivity index (χ0) is 18.0. The fourth-order valence-corrected chi connectivity index (χ4v) is 2.28. The Morgan fingerprint density at radius 1 is 1.04 bits per heavy atom. The van der Waals surface area contributed by atoms with Gasteiger partial charge in [-0.1, -0.05) is 41.9 Å². The molecular weight excluding hydrogens is 312 g/mol. The van der Waals surface area contributed by atoms with Gasteiger partial charge in [0.25, 0.3) is 0 Å². The molecule has 0 N–H and O–H groups in total. The van der Waals surface area contributed by atoms with Crippen molar-refractivity contribution in [2.75, 3.05) is 21.3 Å². The topological polar surface area (TPSA) is 78.9 Å². The van der Waals surface area contributed by atoms with Crippen molar-refractivity contribution < 1.29 is 28.6 Å². The minimum Gasteiger partial charge on any atom is -0.468 e. The first-order chi connectivity index (χ1) is 11.5. The van der Waals surface area contributed by atoms with Crippen LogP contribution >= 0.6 is 0 Å². The lowest BCUT2D eigenvalue weighted by atomic mass is 9.77. The van der Waals surface area contributed by atoms with E-state index in [-0.39, 0.29) is 12.8 Å². The number of esters is 3. The van der Waals surface area contributed by atoms with E-state index in [1.54, 1.807) is 0 Å². The van der Waals surface area contributed by atoms with Gasteiger partial charge in [-0.15, -0.1) is 0 Å². The van der Waals surface area contributed by atoms with Crippen molar-refractivity contribution in [2.45, 2.75) is 19.3 Å². The number of ether oxygens (including phenoxy) is 3. The average molecular weight is 332 g/mol. The number of hydrogen-bond donors (Lipinski definition) is 0. The van der Waals surface area contributed by atoms with Crippen LogP contribution in [0.25, 0.3) is 0 Å². The van der Waals surface area contributed by atoms with Gasteiger partial charge in [0.05, 0.1) is 21.3 Å². The van der Waals surface area contributed by atoms with Gasteiger partial charge < -0.3 is 14.2 Å². The van der Waals surface area contributed by atoms with Gasteiger partial charge in [-0.3, -0.25) is 9.59 Å². The molecule has 128 valence electrons. The van der Waals surface area contributed by atoms with Crippen molar-refractivity contribution in [1.29, 1.82) is 0 Å². The predicted octanol–water partition coefficient (Wildman–Crippen LogP) is 1.72. The van der Waals surface area contributed by atoms with Crippen LogP contribution in [0.2, 0.25) is 0 Å². The Labute approximate surface area is 141 Å². The molecule has 0 aromatic heterocycles. The summed E-state index contributed by atoms with van der Waals surface area (Å²) in [4.78, 5) is 35.9. The lowest BCUT2D eigenvalue weighted by Gasteiger charge is -2.27. The predicted molar refractivity (Wildman–Crippen MR) is 86.5 cm³/mol. The van der Waals surface area contributed by atoms with Crippen LogP contribution < -0.4 is 0 Å². The van der Waals surface area contributed by atoms with Gasteiger partial charge >= 0.3 is 17.9 Å². The molecule has 6 heteroatoms. The summed E-state index contributed by atoms with van der Waals surface area (Å²) in [7, 11) is 3.57. The van der Waals surface area contributed by atoms with Crippen LogP contribution in [0.15, 0.2) is 36.0 Å². The van der Waals surface area contributed by atoms with Crippen LogP contribution in [-0.2, 0) is 28.6 Å².